The van der Waals surface area contributed by atoms with Crippen molar-refractivity contribution >= 4 is 35.9 Å². The summed E-state index contributed by atoms with van der Waals surface area (Å²) in [7, 11) is 5.44. The van der Waals surface area contributed by atoms with Crippen molar-refractivity contribution in [1.29, 1.82) is 0 Å². The zero-order valence-corrected chi connectivity index (χ0v) is 15.8. The lowest BCUT2D eigenvalue weighted by Crippen LogP contribution is -2.18. The van der Waals surface area contributed by atoms with Crippen molar-refractivity contribution in [1.82, 2.24) is 20.3 Å². The fraction of sp³-hybridized carbons (Fsp3) is 0.375. The third-order valence-electron chi connectivity index (χ3n) is 3.18. The monoisotopic (exact) mass is 381 g/mol. The zero-order valence-electron chi connectivity index (χ0n) is 15.0. The molecule has 4 N–H and O–H groups in total. The molecule has 0 aliphatic carbocycles. The molecule has 0 radical (unpaired) electrons. The van der Waals surface area contributed by atoms with Crippen LogP contribution < -0.4 is 26.0 Å². The minimum Gasteiger partial charge on any atom is -0.486 e. The molecule has 1 aromatic heterocycles. The van der Waals surface area contributed by atoms with Gasteiger partial charge in [0.1, 0.15) is 12.4 Å². The number of nitrogens with one attached hydrogen (secondary N) is 2. The quantitative estimate of drug-likeness (QED) is 0.621. The molecule has 26 heavy (non-hydrogen) atoms. The van der Waals surface area contributed by atoms with Gasteiger partial charge in [-0.15, -0.1) is 12.4 Å². The summed E-state index contributed by atoms with van der Waals surface area (Å²) in [5, 5.41) is 5.75. The molecule has 2 aromatic rings. The number of amides is 1. The van der Waals surface area contributed by atoms with Crippen molar-refractivity contribution < 1.29 is 9.53 Å². The molecule has 0 bridgehead atoms. The van der Waals surface area contributed by atoms with Crippen molar-refractivity contribution in [2.24, 2.45) is 0 Å². The molecule has 2 rings (SSSR count). The first-order valence-corrected chi connectivity index (χ1v) is 7.83. The molecular weight excluding hydrogens is 358 g/mol. The molecule has 1 heterocycles. The summed E-state index contributed by atoms with van der Waals surface area (Å²) >= 11 is 0. The summed E-state index contributed by atoms with van der Waals surface area (Å²) in [6, 6.07) is 7.14. The van der Waals surface area contributed by atoms with Gasteiger partial charge in [0.2, 0.25) is 17.8 Å². The molecule has 10 heteroatoms. The van der Waals surface area contributed by atoms with E-state index in [0.717, 1.165) is 0 Å². The average Bonchev–Trinajstić information content (AvgIpc) is 2.58. The van der Waals surface area contributed by atoms with Crippen LogP contribution in [0.4, 0.5) is 17.6 Å². The lowest BCUT2D eigenvalue weighted by molar-refractivity contribution is -0.116. The van der Waals surface area contributed by atoms with Gasteiger partial charge >= 0.3 is 0 Å². The number of nitrogen functional groups attached to an aromatic ring is 1. The number of ether oxygens (including phenoxy) is 1. The SMILES string of the molecule is CNCCC(=O)Nc1cccc(OCc2nc(N)nc(N(C)C)n2)c1.Cl. The number of rotatable bonds is 8. The van der Waals surface area contributed by atoms with E-state index in [0.29, 0.717) is 36.2 Å². The third-order valence-corrected chi connectivity index (χ3v) is 3.18. The van der Waals surface area contributed by atoms with Crippen molar-refractivity contribution in [3.8, 4) is 5.75 Å². The van der Waals surface area contributed by atoms with Crippen LogP contribution in [0.25, 0.3) is 0 Å². The molecule has 0 atom stereocenters. The summed E-state index contributed by atoms with van der Waals surface area (Å²) in [5.41, 5.74) is 6.36. The smallest absolute Gasteiger partial charge is 0.230 e. The molecule has 1 amide bonds. The maximum Gasteiger partial charge on any atom is 0.230 e. The minimum atomic E-state index is -0.0626. The maximum atomic E-state index is 11.8. The lowest BCUT2D eigenvalue weighted by atomic mass is 10.3. The van der Waals surface area contributed by atoms with E-state index in [1.807, 2.05) is 14.1 Å². The van der Waals surface area contributed by atoms with Crippen LogP contribution >= 0.6 is 12.4 Å². The number of hydrogen-bond acceptors (Lipinski definition) is 8. The van der Waals surface area contributed by atoms with E-state index in [4.69, 9.17) is 10.5 Å². The van der Waals surface area contributed by atoms with Gasteiger partial charge in [0.15, 0.2) is 5.82 Å². The highest BCUT2D eigenvalue weighted by molar-refractivity contribution is 5.91. The fourth-order valence-corrected chi connectivity index (χ4v) is 1.96. The predicted octanol–water partition coefficient (Wildman–Crippen LogP) is 1.07. The van der Waals surface area contributed by atoms with E-state index < -0.39 is 0 Å². The van der Waals surface area contributed by atoms with Crippen LogP contribution in [-0.2, 0) is 11.4 Å². The fourth-order valence-electron chi connectivity index (χ4n) is 1.96. The van der Waals surface area contributed by atoms with Crippen LogP contribution in [-0.4, -0.2) is 48.5 Å². The van der Waals surface area contributed by atoms with E-state index in [9.17, 15) is 4.79 Å². The van der Waals surface area contributed by atoms with E-state index >= 15 is 0 Å². The number of carbonyl (C=O) groups is 1. The highest BCUT2D eigenvalue weighted by Crippen LogP contribution is 2.18. The molecule has 0 fully saturated rings. The Hall–Kier alpha value is -2.65. The summed E-state index contributed by atoms with van der Waals surface area (Å²) in [4.78, 5) is 25.9. The zero-order chi connectivity index (χ0) is 18.2. The summed E-state index contributed by atoms with van der Waals surface area (Å²) < 4.78 is 5.69. The van der Waals surface area contributed by atoms with Gasteiger partial charge in [0, 0.05) is 38.8 Å². The topological polar surface area (TPSA) is 118 Å². The van der Waals surface area contributed by atoms with Gasteiger partial charge in [0.25, 0.3) is 0 Å². The lowest BCUT2D eigenvalue weighted by Gasteiger charge is -2.12. The van der Waals surface area contributed by atoms with Gasteiger partial charge in [0.05, 0.1) is 0 Å². The Kier molecular flexibility index (Phi) is 8.53. The average molecular weight is 382 g/mol. The Morgan fingerprint density at radius 2 is 2.04 bits per heavy atom. The predicted molar refractivity (Wildman–Crippen MR) is 104 cm³/mol. The van der Waals surface area contributed by atoms with Gasteiger partial charge in [-0.2, -0.15) is 15.0 Å². The van der Waals surface area contributed by atoms with Crippen molar-refractivity contribution in [2.45, 2.75) is 13.0 Å². The molecular formula is C16H24ClN7O2. The number of halogens is 1. The summed E-state index contributed by atoms with van der Waals surface area (Å²) in [6.07, 6.45) is 0.402. The first kappa shape index (κ1) is 21.4. The first-order chi connectivity index (χ1) is 12.0. The maximum absolute atomic E-state index is 11.8. The molecule has 0 aliphatic heterocycles. The number of carbonyl (C=O) groups excluding carboxylic acids is 1. The highest BCUT2D eigenvalue weighted by Gasteiger charge is 2.08. The summed E-state index contributed by atoms with van der Waals surface area (Å²) in [6.45, 7) is 0.766. The highest BCUT2D eigenvalue weighted by atomic mass is 35.5. The molecule has 1 aromatic carbocycles. The molecule has 9 nitrogen and oxygen atoms in total. The van der Waals surface area contributed by atoms with Crippen LogP contribution in [0, 0.1) is 0 Å². The normalized spacial score (nSPS) is 9.96. The first-order valence-electron chi connectivity index (χ1n) is 7.83. The van der Waals surface area contributed by atoms with Crippen LogP contribution in [0.1, 0.15) is 12.2 Å². The van der Waals surface area contributed by atoms with Crippen molar-refractivity contribution in [2.75, 3.05) is 43.6 Å². The van der Waals surface area contributed by atoms with Gasteiger partial charge < -0.3 is 26.0 Å². The van der Waals surface area contributed by atoms with Crippen LogP contribution in [0.15, 0.2) is 24.3 Å². The largest absolute Gasteiger partial charge is 0.486 e. The number of hydrogen-bond donors (Lipinski definition) is 3. The molecule has 0 unspecified atom stereocenters. The Bertz CT molecular complexity index is 727. The van der Waals surface area contributed by atoms with Crippen molar-refractivity contribution in [3.63, 3.8) is 0 Å². The van der Waals surface area contributed by atoms with Gasteiger partial charge in [-0.25, -0.2) is 0 Å². The second kappa shape index (κ2) is 10.4. The standard InChI is InChI=1S/C16H23N7O2.ClH/c1-18-8-7-14(24)19-11-5-4-6-12(9-11)25-10-13-20-15(17)22-16(21-13)23(2)3;/h4-6,9,18H,7-8,10H2,1-3H3,(H,19,24)(H2,17,20,21,22);1H. The van der Waals surface area contributed by atoms with E-state index in [1.54, 1.807) is 36.2 Å². The number of benzene rings is 1. The van der Waals surface area contributed by atoms with E-state index in [-0.39, 0.29) is 30.9 Å². The summed E-state index contributed by atoms with van der Waals surface area (Å²) in [5.74, 6) is 1.57. The molecule has 0 saturated carbocycles. The Morgan fingerprint density at radius 3 is 2.73 bits per heavy atom. The minimum absolute atomic E-state index is 0. The van der Waals surface area contributed by atoms with E-state index in [1.165, 1.54) is 0 Å². The molecule has 142 valence electrons. The van der Waals surface area contributed by atoms with Crippen LogP contribution in [0.3, 0.4) is 0 Å². The number of nitrogens with zero attached hydrogens (tertiary/aromatic N) is 4. The van der Waals surface area contributed by atoms with Gasteiger partial charge in [-0.05, 0) is 19.2 Å². The number of anilines is 3. The second-order valence-corrected chi connectivity index (χ2v) is 5.52. The number of nitrogens with two attached hydrogens (primary N) is 1. The van der Waals surface area contributed by atoms with Crippen LogP contribution in [0.2, 0.25) is 0 Å². The molecule has 0 aliphatic rings. The molecule has 0 spiro atoms. The molecule has 0 saturated heterocycles. The van der Waals surface area contributed by atoms with E-state index in [2.05, 4.69) is 25.6 Å². The van der Waals surface area contributed by atoms with Crippen LogP contribution in [0.5, 0.6) is 5.75 Å². The Labute approximate surface area is 158 Å². The van der Waals surface area contributed by atoms with Crippen molar-refractivity contribution in [3.05, 3.63) is 30.1 Å². The number of aromatic nitrogens is 3. The Balaban J connectivity index is 0.00000338. The van der Waals surface area contributed by atoms with Gasteiger partial charge in [-0.3, -0.25) is 4.79 Å². The Morgan fingerprint density at radius 1 is 1.27 bits per heavy atom. The second-order valence-electron chi connectivity index (χ2n) is 5.52. The third kappa shape index (κ3) is 6.69. The van der Waals surface area contributed by atoms with Gasteiger partial charge in [-0.1, -0.05) is 6.07 Å².